The van der Waals surface area contributed by atoms with Gasteiger partial charge in [0.1, 0.15) is 0 Å². The van der Waals surface area contributed by atoms with Crippen molar-refractivity contribution in [3.05, 3.63) is 58.7 Å². The smallest absolute Gasteiger partial charge is 0.325 e. The van der Waals surface area contributed by atoms with Gasteiger partial charge < -0.3 is 4.72 Å². The van der Waals surface area contributed by atoms with Gasteiger partial charge in [-0.25, -0.2) is 0 Å². The molecule has 0 aliphatic heterocycles. The van der Waals surface area contributed by atoms with Crippen LogP contribution in [0.3, 0.4) is 0 Å². The molecule has 130 valence electrons. The van der Waals surface area contributed by atoms with E-state index in [9.17, 15) is 13.2 Å². The molecular weight excluding hydrogens is 331 g/mol. The lowest BCUT2D eigenvalue weighted by Crippen LogP contribution is -2.11. The lowest BCUT2D eigenvalue weighted by molar-refractivity contribution is -0.137. The monoisotopic (exact) mass is 353 g/mol. The topological polar surface area (TPSA) is 12.0 Å². The van der Waals surface area contributed by atoms with E-state index in [0.717, 1.165) is 22.2 Å². The van der Waals surface area contributed by atoms with Crippen molar-refractivity contribution in [2.75, 3.05) is 4.72 Å². The summed E-state index contributed by atoms with van der Waals surface area (Å²) in [6, 6.07) is 10.0. The second kappa shape index (κ2) is 6.71. The van der Waals surface area contributed by atoms with Crippen LogP contribution in [0.5, 0.6) is 0 Å². The van der Waals surface area contributed by atoms with E-state index in [1.54, 1.807) is 6.92 Å². The fraction of sp³-hybridized carbons (Fsp3) is 0.368. The van der Waals surface area contributed by atoms with Crippen LogP contribution < -0.4 is 4.72 Å². The van der Waals surface area contributed by atoms with E-state index in [1.165, 1.54) is 29.6 Å². The summed E-state index contributed by atoms with van der Waals surface area (Å²) in [4.78, 5) is 0.780. The Hall–Kier alpha value is -1.62. The van der Waals surface area contributed by atoms with Gasteiger partial charge in [0.15, 0.2) is 0 Å². The second-order valence-corrected chi connectivity index (χ2v) is 7.81. The lowest BCUT2D eigenvalue weighted by atomic mass is 9.86. The maximum Gasteiger partial charge on any atom is 0.416 e. The quantitative estimate of drug-likeness (QED) is 0.613. The standard InChI is InChI=1S/C19H22F3NS/c1-12-10-14(18(3,4)5)6-8-16(12)23-24-17-9-7-15(11-13(17)2)19(20,21)22/h6-11,23H,1-5H3. The average Bonchev–Trinajstić information content (AvgIpc) is 2.45. The molecule has 1 nitrogen and oxygen atoms in total. The van der Waals surface area contributed by atoms with Gasteiger partial charge >= 0.3 is 6.18 Å². The number of rotatable bonds is 3. The third-order valence-electron chi connectivity index (χ3n) is 3.87. The first-order chi connectivity index (χ1) is 11.0. The molecule has 2 aromatic rings. The molecule has 0 aliphatic carbocycles. The molecule has 0 spiro atoms. The highest BCUT2D eigenvalue weighted by molar-refractivity contribution is 8.00. The largest absolute Gasteiger partial charge is 0.416 e. The van der Waals surface area contributed by atoms with Gasteiger partial charge in [-0.1, -0.05) is 32.9 Å². The van der Waals surface area contributed by atoms with E-state index in [2.05, 4.69) is 37.6 Å². The zero-order valence-electron chi connectivity index (χ0n) is 14.5. The predicted molar refractivity (Wildman–Crippen MR) is 95.5 cm³/mol. The summed E-state index contributed by atoms with van der Waals surface area (Å²) in [6.45, 7) is 10.2. The fourth-order valence-electron chi connectivity index (χ4n) is 2.29. The first kappa shape index (κ1) is 18.7. The molecule has 5 heteroatoms. The Bertz CT molecular complexity index is 667. The minimum Gasteiger partial charge on any atom is -0.325 e. The number of anilines is 1. The molecule has 0 aliphatic rings. The van der Waals surface area contributed by atoms with Gasteiger partial charge in [0.25, 0.3) is 0 Å². The van der Waals surface area contributed by atoms with Crippen LogP contribution in [0.15, 0.2) is 41.3 Å². The SMILES string of the molecule is Cc1cc(C(C)(C)C)ccc1NSc1ccc(C(F)(F)F)cc1C. The highest BCUT2D eigenvalue weighted by atomic mass is 32.2. The van der Waals surface area contributed by atoms with Crippen molar-refractivity contribution in [3.63, 3.8) is 0 Å². The molecule has 1 N–H and O–H groups in total. The minimum absolute atomic E-state index is 0.0838. The Kier molecular flexibility index (Phi) is 5.23. The van der Waals surface area contributed by atoms with Crippen molar-refractivity contribution in [1.82, 2.24) is 0 Å². The molecule has 0 atom stereocenters. The van der Waals surface area contributed by atoms with Crippen molar-refractivity contribution < 1.29 is 13.2 Å². The Balaban J connectivity index is 2.14. The number of alkyl halides is 3. The van der Waals surface area contributed by atoms with E-state index in [0.29, 0.717) is 5.56 Å². The zero-order valence-corrected chi connectivity index (χ0v) is 15.3. The van der Waals surface area contributed by atoms with Crippen LogP contribution in [-0.4, -0.2) is 0 Å². The maximum atomic E-state index is 12.7. The van der Waals surface area contributed by atoms with E-state index < -0.39 is 11.7 Å². The Morgan fingerprint density at radius 1 is 0.833 bits per heavy atom. The molecule has 0 bridgehead atoms. The third kappa shape index (κ3) is 4.47. The fourth-order valence-corrected chi connectivity index (χ4v) is 3.10. The average molecular weight is 353 g/mol. The van der Waals surface area contributed by atoms with Crippen LogP contribution in [0.25, 0.3) is 0 Å². The first-order valence-electron chi connectivity index (χ1n) is 7.70. The highest BCUT2D eigenvalue weighted by Gasteiger charge is 2.30. The molecular formula is C19H22F3NS. The molecule has 2 rings (SSSR count). The van der Waals surface area contributed by atoms with Crippen LogP contribution in [0, 0.1) is 13.8 Å². The number of halogens is 3. The van der Waals surface area contributed by atoms with Crippen molar-refractivity contribution in [3.8, 4) is 0 Å². The van der Waals surface area contributed by atoms with Gasteiger partial charge in [0, 0.05) is 10.6 Å². The first-order valence-corrected chi connectivity index (χ1v) is 8.52. The van der Waals surface area contributed by atoms with Crippen molar-refractivity contribution >= 4 is 17.6 Å². The van der Waals surface area contributed by atoms with Crippen molar-refractivity contribution in [2.45, 2.75) is 51.1 Å². The number of benzene rings is 2. The molecule has 24 heavy (non-hydrogen) atoms. The number of nitrogens with one attached hydrogen (secondary N) is 1. The summed E-state index contributed by atoms with van der Waals surface area (Å²) in [5.41, 5.74) is 3.40. The highest BCUT2D eigenvalue weighted by Crippen LogP contribution is 2.34. The van der Waals surface area contributed by atoms with Gasteiger partial charge in [-0.3, -0.25) is 0 Å². The summed E-state index contributed by atoms with van der Waals surface area (Å²) < 4.78 is 41.4. The molecule has 0 unspecified atom stereocenters. The molecule has 0 saturated carbocycles. The van der Waals surface area contributed by atoms with E-state index in [1.807, 2.05) is 13.0 Å². The molecule has 0 amide bonds. The van der Waals surface area contributed by atoms with E-state index >= 15 is 0 Å². The Labute approximate surface area is 145 Å². The van der Waals surface area contributed by atoms with Gasteiger partial charge in [0.2, 0.25) is 0 Å². The summed E-state index contributed by atoms with van der Waals surface area (Å²) in [7, 11) is 0. The van der Waals surface area contributed by atoms with E-state index in [4.69, 9.17) is 0 Å². The molecule has 0 saturated heterocycles. The molecule has 0 fully saturated rings. The number of hydrogen-bond donors (Lipinski definition) is 1. The summed E-state index contributed by atoms with van der Waals surface area (Å²) in [5, 5.41) is 0. The zero-order chi connectivity index (χ0) is 18.1. The maximum absolute atomic E-state index is 12.7. The molecule has 0 radical (unpaired) electrons. The van der Waals surface area contributed by atoms with Gasteiger partial charge in [-0.2, -0.15) is 13.2 Å². The summed E-state index contributed by atoms with van der Waals surface area (Å²) in [6.07, 6.45) is -4.30. The van der Waals surface area contributed by atoms with Crippen LogP contribution >= 0.6 is 11.9 Å². The van der Waals surface area contributed by atoms with Gasteiger partial charge in [0.05, 0.1) is 5.56 Å². The lowest BCUT2D eigenvalue weighted by Gasteiger charge is -2.21. The third-order valence-corrected chi connectivity index (χ3v) is 4.87. The van der Waals surface area contributed by atoms with Gasteiger partial charge in [-0.15, -0.1) is 0 Å². The molecule has 2 aromatic carbocycles. The number of hydrogen-bond acceptors (Lipinski definition) is 2. The van der Waals surface area contributed by atoms with Crippen molar-refractivity contribution in [1.29, 1.82) is 0 Å². The van der Waals surface area contributed by atoms with Crippen molar-refractivity contribution in [2.24, 2.45) is 0 Å². The van der Waals surface area contributed by atoms with E-state index in [-0.39, 0.29) is 5.41 Å². The van der Waals surface area contributed by atoms with Crippen LogP contribution in [0.1, 0.15) is 43.0 Å². The van der Waals surface area contributed by atoms with Crippen LogP contribution in [0.4, 0.5) is 18.9 Å². The Morgan fingerprint density at radius 2 is 1.42 bits per heavy atom. The normalized spacial score (nSPS) is 12.3. The predicted octanol–water partition coefficient (Wildman–Crippen LogP) is 6.74. The number of aryl methyl sites for hydroxylation is 2. The summed E-state index contributed by atoms with van der Waals surface area (Å²) in [5.74, 6) is 0. The van der Waals surface area contributed by atoms with Gasteiger partial charge in [-0.05, 0) is 72.2 Å². The van der Waals surface area contributed by atoms with Crippen LogP contribution in [0.2, 0.25) is 0 Å². The molecule has 0 aromatic heterocycles. The Morgan fingerprint density at radius 3 is 1.92 bits per heavy atom. The minimum atomic E-state index is -4.30. The summed E-state index contributed by atoms with van der Waals surface area (Å²) >= 11 is 1.33. The van der Waals surface area contributed by atoms with Crippen LogP contribution in [-0.2, 0) is 11.6 Å². The molecule has 0 heterocycles. The second-order valence-electron chi connectivity index (χ2n) is 6.96.